The molecule has 0 unspecified atom stereocenters. The van der Waals surface area contributed by atoms with Gasteiger partial charge in [0.05, 0.1) is 40.0 Å². The summed E-state index contributed by atoms with van der Waals surface area (Å²) in [6.45, 7) is 0. The lowest BCUT2D eigenvalue weighted by molar-refractivity contribution is 1.07. The molecule has 0 N–H and O–H groups in total. The van der Waals surface area contributed by atoms with Crippen LogP contribution in [0.25, 0.3) is 117 Å². The van der Waals surface area contributed by atoms with E-state index in [4.69, 9.17) is 15.0 Å². The van der Waals surface area contributed by atoms with E-state index in [0.717, 1.165) is 99.8 Å². The summed E-state index contributed by atoms with van der Waals surface area (Å²) >= 11 is 0. The van der Waals surface area contributed by atoms with Gasteiger partial charge in [-0.05, 0) is 111 Å². The predicted molar refractivity (Wildman–Crippen MR) is 287 cm³/mol. The summed E-state index contributed by atoms with van der Waals surface area (Å²) in [7, 11) is 0. The van der Waals surface area contributed by atoms with E-state index >= 15 is 0 Å². The molecule has 0 amide bonds. The highest BCUT2D eigenvalue weighted by Gasteiger charge is 2.24. The van der Waals surface area contributed by atoms with E-state index in [1.54, 1.807) is 0 Å². The van der Waals surface area contributed by atoms with Crippen molar-refractivity contribution in [1.29, 1.82) is 10.5 Å². The highest BCUT2D eigenvalue weighted by atomic mass is 15.0. The summed E-state index contributed by atoms with van der Waals surface area (Å²) in [5, 5.41) is 21.9. The van der Waals surface area contributed by atoms with Crippen LogP contribution >= 0.6 is 0 Å². The van der Waals surface area contributed by atoms with Crippen LogP contribution < -0.4 is 0 Å². The van der Waals surface area contributed by atoms with Crippen LogP contribution in [-0.2, 0) is 0 Å². The van der Waals surface area contributed by atoms with Crippen LogP contribution in [0.1, 0.15) is 11.1 Å². The highest BCUT2D eigenvalue weighted by molar-refractivity contribution is 6.11. The first-order valence-corrected chi connectivity index (χ1v) is 23.4. The van der Waals surface area contributed by atoms with E-state index in [9.17, 15) is 10.5 Å². The van der Waals surface area contributed by atoms with E-state index in [1.165, 1.54) is 0 Å². The number of benzene rings is 10. The minimum absolute atomic E-state index is 0.518. The maximum absolute atomic E-state index is 10.1. The predicted octanol–water partition coefficient (Wildman–Crippen LogP) is 16.0. The van der Waals surface area contributed by atoms with Crippen molar-refractivity contribution in [2.75, 3.05) is 0 Å². The summed E-state index contributed by atoms with van der Waals surface area (Å²) in [4.78, 5) is 16.1. The number of rotatable bonds is 9. The van der Waals surface area contributed by atoms with E-state index in [-0.39, 0.29) is 0 Å². The van der Waals surface area contributed by atoms with Gasteiger partial charge in [0, 0.05) is 38.6 Å². The van der Waals surface area contributed by atoms with Gasteiger partial charge in [-0.15, -0.1) is 0 Å². The second kappa shape index (κ2) is 18.2. The average molecular weight is 905 g/mol. The number of hydrogen-bond donors (Lipinski definition) is 0. The van der Waals surface area contributed by atoms with Crippen LogP contribution in [0.4, 0.5) is 0 Å². The van der Waals surface area contributed by atoms with Gasteiger partial charge in [-0.3, -0.25) is 0 Å². The topological polar surface area (TPSA) is 91.2 Å². The molecule has 0 atom stereocenters. The number of nitrogens with zero attached hydrogens (tertiary/aromatic N) is 6. The standard InChI is InChI=1S/C65H40N6/c66-41-43-26-32-60-58(34-43)59-35-44(42-67)27-33-61(59)71(60)62-56(49-22-12-4-13-23-49)39-55(40-57(62)50-24-14-5-15-25-50)65-69-63(51-30-28-48(29-31-51)45-16-6-1-7-17-45)68-64(70-65)54-37-52(46-18-8-2-9-19-46)36-53(38-54)47-20-10-3-11-21-47/h1-40H. The summed E-state index contributed by atoms with van der Waals surface area (Å²) in [5.41, 5.74) is 16.8. The molecule has 10 aromatic carbocycles. The zero-order valence-corrected chi connectivity index (χ0v) is 38.3. The van der Waals surface area contributed by atoms with Gasteiger partial charge in [0.15, 0.2) is 17.5 Å². The normalized spacial score (nSPS) is 11.1. The zero-order valence-electron chi connectivity index (χ0n) is 38.3. The van der Waals surface area contributed by atoms with Gasteiger partial charge in [0.1, 0.15) is 0 Å². The van der Waals surface area contributed by atoms with Crippen LogP contribution in [-0.4, -0.2) is 19.5 Å². The lowest BCUT2D eigenvalue weighted by atomic mass is 9.92. The number of aromatic nitrogens is 4. The zero-order chi connectivity index (χ0) is 47.7. The minimum Gasteiger partial charge on any atom is -0.308 e. The Morgan fingerprint density at radius 2 is 0.606 bits per heavy atom. The maximum atomic E-state index is 10.1. The fraction of sp³-hybridized carbons (Fsp3) is 0. The van der Waals surface area contributed by atoms with Crippen molar-refractivity contribution in [2.24, 2.45) is 0 Å². The highest BCUT2D eigenvalue weighted by Crippen LogP contribution is 2.44. The molecule has 0 aliphatic rings. The fourth-order valence-electron chi connectivity index (χ4n) is 9.64. The van der Waals surface area contributed by atoms with Crippen molar-refractivity contribution < 1.29 is 0 Å². The van der Waals surface area contributed by atoms with Crippen molar-refractivity contribution in [2.45, 2.75) is 0 Å². The molecule has 0 aliphatic carbocycles. The van der Waals surface area contributed by atoms with E-state index < -0.39 is 0 Å². The van der Waals surface area contributed by atoms with Gasteiger partial charge in [-0.25, -0.2) is 15.0 Å². The Labute approximate surface area is 411 Å². The third kappa shape index (κ3) is 8.08. The maximum Gasteiger partial charge on any atom is 0.164 e. The largest absolute Gasteiger partial charge is 0.308 e. The first-order valence-electron chi connectivity index (χ1n) is 23.4. The number of nitriles is 2. The molecule has 0 saturated carbocycles. The molecule has 6 heteroatoms. The van der Waals surface area contributed by atoms with Gasteiger partial charge < -0.3 is 4.57 Å². The van der Waals surface area contributed by atoms with E-state index in [2.05, 4.69) is 193 Å². The van der Waals surface area contributed by atoms with Crippen LogP contribution in [0.2, 0.25) is 0 Å². The van der Waals surface area contributed by atoms with Crippen LogP contribution in [0.5, 0.6) is 0 Å². The number of fused-ring (bicyclic) bond motifs is 3. The third-order valence-electron chi connectivity index (χ3n) is 13.1. The summed E-state index contributed by atoms with van der Waals surface area (Å²) in [5.74, 6) is 1.61. The van der Waals surface area contributed by atoms with Gasteiger partial charge in [0.2, 0.25) is 0 Å². The molecule has 0 spiro atoms. The van der Waals surface area contributed by atoms with Crippen molar-refractivity contribution >= 4 is 21.8 Å². The molecule has 0 radical (unpaired) electrons. The van der Waals surface area contributed by atoms with Crippen molar-refractivity contribution in [3.63, 3.8) is 0 Å². The molecule has 12 rings (SSSR count). The van der Waals surface area contributed by atoms with Crippen molar-refractivity contribution in [3.05, 3.63) is 254 Å². The van der Waals surface area contributed by atoms with Gasteiger partial charge in [-0.2, -0.15) is 10.5 Å². The van der Waals surface area contributed by atoms with Crippen molar-refractivity contribution in [3.8, 4) is 108 Å². The first kappa shape index (κ1) is 42.4. The average Bonchev–Trinajstić information content (AvgIpc) is 3.78. The Morgan fingerprint density at radius 3 is 1.01 bits per heavy atom. The Morgan fingerprint density at radius 1 is 0.282 bits per heavy atom. The van der Waals surface area contributed by atoms with Crippen LogP contribution in [0.15, 0.2) is 243 Å². The quantitative estimate of drug-likeness (QED) is 0.144. The van der Waals surface area contributed by atoms with E-state index in [0.29, 0.717) is 28.6 Å². The second-order valence-corrected chi connectivity index (χ2v) is 17.5. The molecule has 0 fully saturated rings. The fourth-order valence-corrected chi connectivity index (χ4v) is 9.64. The molecule has 330 valence electrons. The van der Waals surface area contributed by atoms with Crippen LogP contribution in [0.3, 0.4) is 0 Å². The third-order valence-corrected chi connectivity index (χ3v) is 13.1. The molecule has 6 nitrogen and oxygen atoms in total. The van der Waals surface area contributed by atoms with Gasteiger partial charge >= 0.3 is 0 Å². The lowest BCUT2D eigenvalue weighted by Gasteiger charge is -2.21. The molecular formula is C65H40N6. The van der Waals surface area contributed by atoms with Crippen LogP contribution in [0, 0.1) is 22.7 Å². The summed E-state index contributed by atoms with van der Waals surface area (Å²) in [6, 6.07) is 87.7. The SMILES string of the molecule is N#Cc1ccc2c(c1)c1cc(C#N)ccc1n2-c1c(-c2ccccc2)cc(-c2nc(-c3ccc(-c4ccccc4)cc3)nc(-c3cc(-c4ccccc4)cc(-c4ccccc4)c3)n2)cc1-c1ccccc1. The molecule has 0 saturated heterocycles. The summed E-state index contributed by atoms with van der Waals surface area (Å²) in [6.07, 6.45) is 0. The Hall–Kier alpha value is -10.0. The smallest absolute Gasteiger partial charge is 0.164 e. The minimum atomic E-state index is 0.518. The monoisotopic (exact) mass is 904 g/mol. The van der Waals surface area contributed by atoms with Crippen molar-refractivity contribution in [1.82, 2.24) is 19.5 Å². The van der Waals surface area contributed by atoms with Gasteiger partial charge in [-0.1, -0.05) is 176 Å². The molecule has 71 heavy (non-hydrogen) atoms. The first-order chi connectivity index (χ1) is 35.1. The Bertz CT molecular complexity index is 3830. The molecule has 0 aliphatic heterocycles. The Kier molecular flexibility index (Phi) is 10.9. The Balaban J connectivity index is 1.15. The second-order valence-electron chi connectivity index (χ2n) is 17.5. The molecule has 2 heterocycles. The molecule has 0 bridgehead atoms. The number of hydrogen-bond acceptors (Lipinski definition) is 5. The van der Waals surface area contributed by atoms with E-state index in [1.807, 2.05) is 66.7 Å². The lowest BCUT2D eigenvalue weighted by Crippen LogP contribution is -2.04. The molecule has 2 aromatic heterocycles. The molecular weight excluding hydrogens is 865 g/mol. The summed E-state index contributed by atoms with van der Waals surface area (Å²) < 4.78 is 2.28. The molecule has 12 aromatic rings. The van der Waals surface area contributed by atoms with Gasteiger partial charge in [0.25, 0.3) is 0 Å².